The zero-order chi connectivity index (χ0) is 8.55. The van der Waals surface area contributed by atoms with E-state index in [-0.39, 0.29) is 18.4 Å². The third kappa shape index (κ3) is 1.85. The van der Waals surface area contributed by atoms with Gasteiger partial charge in [-0.3, -0.25) is 0 Å². The first-order valence-corrected chi connectivity index (χ1v) is 4.10. The fourth-order valence-electron chi connectivity index (χ4n) is 1.35. The van der Waals surface area contributed by atoms with E-state index in [2.05, 4.69) is 29.2 Å². The number of H-pyrrole nitrogens is 1. The predicted octanol–water partition coefficient (Wildman–Crippen LogP) is 2.61. The lowest BCUT2D eigenvalue weighted by atomic mass is 10.1. The van der Waals surface area contributed by atoms with E-state index in [0.29, 0.717) is 0 Å². The Hall–Kier alpha value is -0.990. The van der Waals surface area contributed by atoms with Gasteiger partial charge in [0.25, 0.3) is 0 Å². The quantitative estimate of drug-likeness (QED) is 0.724. The molecule has 1 aromatic carbocycles. The summed E-state index contributed by atoms with van der Waals surface area (Å²) in [4.78, 5) is 3.16. The second-order valence-electron chi connectivity index (χ2n) is 3.11. The summed E-state index contributed by atoms with van der Waals surface area (Å²) < 4.78 is 0. The number of aromatic nitrogens is 1. The highest BCUT2D eigenvalue weighted by atomic mass is 35.5. The largest absolute Gasteiger partial charge is 0.361 e. The van der Waals surface area contributed by atoms with Crippen molar-refractivity contribution in [2.45, 2.75) is 13.0 Å². The molecule has 2 aromatic rings. The van der Waals surface area contributed by atoms with E-state index in [4.69, 9.17) is 5.73 Å². The third-order valence-corrected chi connectivity index (χ3v) is 2.10. The number of fused-ring (bicyclic) bond motifs is 1. The monoisotopic (exact) mass is 196 g/mol. The van der Waals surface area contributed by atoms with Crippen molar-refractivity contribution in [3.8, 4) is 0 Å². The second kappa shape index (κ2) is 3.81. The summed E-state index contributed by atoms with van der Waals surface area (Å²) in [5, 5.41) is 1.24. The molecule has 0 saturated carbocycles. The standard InChI is InChI=1S/C10H12N2.ClH/c1-7(11)9-3-2-8-4-5-12-10(8)6-9;/h2-7,12H,11H2,1H3;1H/t7-;/m0./s1. The molecule has 3 heteroatoms. The molecule has 0 aliphatic carbocycles. The molecule has 0 bridgehead atoms. The van der Waals surface area contributed by atoms with Crippen LogP contribution in [0.5, 0.6) is 0 Å². The number of halogens is 1. The molecule has 3 N–H and O–H groups in total. The maximum absolute atomic E-state index is 5.76. The summed E-state index contributed by atoms with van der Waals surface area (Å²) in [6.07, 6.45) is 1.94. The Morgan fingerprint density at radius 2 is 2.08 bits per heavy atom. The van der Waals surface area contributed by atoms with Gasteiger partial charge < -0.3 is 10.7 Å². The minimum atomic E-state index is 0. The fraction of sp³-hybridized carbons (Fsp3) is 0.200. The Morgan fingerprint density at radius 3 is 2.77 bits per heavy atom. The van der Waals surface area contributed by atoms with Crippen molar-refractivity contribution in [3.63, 3.8) is 0 Å². The molecular formula is C10H13ClN2. The first-order valence-electron chi connectivity index (χ1n) is 4.10. The number of rotatable bonds is 1. The van der Waals surface area contributed by atoms with Crippen LogP contribution in [0.1, 0.15) is 18.5 Å². The van der Waals surface area contributed by atoms with E-state index < -0.39 is 0 Å². The summed E-state index contributed by atoms with van der Waals surface area (Å²) in [5.41, 5.74) is 8.09. The number of benzene rings is 1. The minimum absolute atomic E-state index is 0. The molecule has 1 heterocycles. The van der Waals surface area contributed by atoms with Crippen LogP contribution in [0.25, 0.3) is 10.9 Å². The van der Waals surface area contributed by atoms with Gasteiger partial charge in [0.05, 0.1) is 0 Å². The highest BCUT2D eigenvalue weighted by Gasteiger charge is 2.00. The Balaban J connectivity index is 0.000000845. The first kappa shape index (κ1) is 10.1. The van der Waals surface area contributed by atoms with Gasteiger partial charge in [-0.2, -0.15) is 0 Å². The van der Waals surface area contributed by atoms with Gasteiger partial charge in [-0.25, -0.2) is 0 Å². The van der Waals surface area contributed by atoms with E-state index in [0.717, 1.165) is 5.52 Å². The van der Waals surface area contributed by atoms with E-state index in [1.165, 1.54) is 10.9 Å². The van der Waals surface area contributed by atoms with E-state index in [9.17, 15) is 0 Å². The van der Waals surface area contributed by atoms with Gasteiger partial charge in [0.15, 0.2) is 0 Å². The van der Waals surface area contributed by atoms with Crippen LogP contribution >= 0.6 is 12.4 Å². The fourth-order valence-corrected chi connectivity index (χ4v) is 1.35. The molecule has 0 aliphatic rings. The van der Waals surface area contributed by atoms with Crippen LogP contribution in [0.3, 0.4) is 0 Å². The molecule has 2 nitrogen and oxygen atoms in total. The number of hydrogen-bond acceptors (Lipinski definition) is 1. The molecule has 1 aromatic heterocycles. The summed E-state index contributed by atoms with van der Waals surface area (Å²) in [7, 11) is 0. The Kier molecular flexibility index (Phi) is 2.96. The maximum atomic E-state index is 5.76. The van der Waals surface area contributed by atoms with E-state index >= 15 is 0 Å². The van der Waals surface area contributed by atoms with E-state index in [1.54, 1.807) is 0 Å². The number of nitrogens with one attached hydrogen (secondary N) is 1. The van der Waals surface area contributed by atoms with Gasteiger partial charge >= 0.3 is 0 Å². The Morgan fingerprint density at radius 1 is 1.31 bits per heavy atom. The van der Waals surface area contributed by atoms with Gasteiger partial charge in [-0.1, -0.05) is 12.1 Å². The van der Waals surface area contributed by atoms with Crippen LogP contribution in [0.15, 0.2) is 30.5 Å². The number of aromatic amines is 1. The highest BCUT2D eigenvalue weighted by molar-refractivity contribution is 5.85. The Labute approximate surface area is 83.5 Å². The van der Waals surface area contributed by atoms with Crippen LogP contribution in [0.4, 0.5) is 0 Å². The molecule has 0 fully saturated rings. The average molecular weight is 197 g/mol. The van der Waals surface area contributed by atoms with Gasteiger partial charge in [-0.15, -0.1) is 12.4 Å². The molecule has 0 radical (unpaired) electrons. The van der Waals surface area contributed by atoms with Crippen molar-refractivity contribution in [1.82, 2.24) is 4.98 Å². The SMILES string of the molecule is C[C@H](N)c1ccc2cc[nH]c2c1.Cl. The molecule has 0 spiro atoms. The van der Waals surface area contributed by atoms with Crippen LogP contribution in [-0.2, 0) is 0 Å². The lowest BCUT2D eigenvalue weighted by molar-refractivity contribution is 0.820. The minimum Gasteiger partial charge on any atom is -0.361 e. The average Bonchev–Trinajstić information content (AvgIpc) is 2.49. The van der Waals surface area contributed by atoms with Crippen LogP contribution in [0.2, 0.25) is 0 Å². The van der Waals surface area contributed by atoms with Gasteiger partial charge in [-0.05, 0) is 30.0 Å². The predicted molar refractivity (Wildman–Crippen MR) is 58.1 cm³/mol. The lowest BCUT2D eigenvalue weighted by Gasteiger charge is -2.04. The smallest absolute Gasteiger partial charge is 0.0457 e. The molecule has 0 aliphatic heterocycles. The second-order valence-corrected chi connectivity index (χ2v) is 3.11. The molecule has 0 amide bonds. The molecule has 2 rings (SSSR count). The van der Waals surface area contributed by atoms with Crippen LogP contribution in [0, 0.1) is 0 Å². The summed E-state index contributed by atoms with van der Waals surface area (Å²) >= 11 is 0. The molecule has 13 heavy (non-hydrogen) atoms. The number of nitrogens with two attached hydrogens (primary N) is 1. The third-order valence-electron chi connectivity index (χ3n) is 2.10. The normalized spacial score (nSPS) is 12.5. The van der Waals surface area contributed by atoms with E-state index in [1.807, 2.05) is 13.1 Å². The molecule has 70 valence electrons. The summed E-state index contributed by atoms with van der Waals surface area (Å²) in [6.45, 7) is 1.99. The summed E-state index contributed by atoms with van der Waals surface area (Å²) in [5.74, 6) is 0. The van der Waals surface area contributed by atoms with Crippen molar-refractivity contribution >= 4 is 23.3 Å². The van der Waals surface area contributed by atoms with Gasteiger partial charge in [0.2, 0.25) is 0 Å². The van der Waals surface area contributed by atoms with Crippen LogP contribution < -0.4 is 5.73 Å². The Bertz CT molecular complexity index is 392. The van der Waals surface area contributed by atoms with Crippen LogP contribution in [-0.4, -0.2) is 4.98 Å². The van der Waals surface area contributed by atoms with Gasteiger partial charge in [0.1, 0.15) is 0 Å². The van der Waals surface area contributed by atoms with Crippen molar-refractivity contribution in [1.29, 1.82) is 0 Å². The van der Waals surface area contributed by atoms with Gasteiger partial charge in [0, 0.05) is 17.8 Å². The van der Waals surface area contributed by atoms with Crippen molar-refractivity contribution in [3.05, 3.63) is 36.0 Å². The molecule has 1 atom stereocenters. The summed E-state index contributed by atoms with van der Waals surface area (Å²) in [6, 6.07) is 8.42. The number of hydrogen-bond donors (Lipinski definition) is 2. The lowest BCUT2D eigenvalue weighted by Crippen LogP contribution is -2.04. The molecular weight excluding hydrogens is 184 g/mol. The van der Waals surface area contributed by atoms with Crippen molar-refractivity contribution < 1.29 is 0 Å². The van der Waals surface area contributed by atoms with Crippen molar-refractivity contribution in [2.24, 2.45) is 5.73 Å². The van der Waals surface area contributed by atoms with Crippen molar-refractivity contribution in [2.75, 3.05) is 0 Å². The first-order chi connectivity index (χ1) is 5.77. The highest BCUT2D eigenvalue weighted by Crippen LogP contribution is 2.17. The molecule has 0 saturated heterocycles. The molecule has 0 unspecified atom stereocenters. The maximum Gasteiger partial charge on any atom is 0.0457 e. The zero-order valence-corrected chi connectivity index (χ0v) is 8.27. The zero-order valence-electron chi connectivity index (χ0n) is 7.45. The topological polar surface area (TPSA) is 41.8 Å².